The van der Waals surface area contributed by atoms with Crippen molar-refractivity contribution >= 4 is 52.8 Å². The number of nitrogens with zero attached hydrogens (tertiary/aromatic N) is 3. The second-order valence-corrected chi connectivity index (χ2v) is 17.8. The summed E-state index contributed by atoms with van der Waals surface area (Å²) in [5.74, 6) is -1.90. The number of benzene rings is 1. The van der Waals surface area contributed by atoms with E-state index in [0.717, 1.165) is 50.0 Å². The van der Waals surface area contributed by atoms with Crippen LogP contribution in [0.25, 0.3) is 0 Å². The van der Waals surface area contributed by atoms with Crippen LogP contribution in [0.1, 0.15) is 127 Å². The number of phenolic OH excluding ortho intramolecular Hbond substituents is 1. The molecular formula is C42H65N5O8S2. The Balaban J connectivity index is 1.92. The first kappa shape index (κ1) is 47.7. The lowest BCUT2D eigenvalue weighted by Crippen LogP contribution is -2.58. The number of nitrogens with one attached hydrogen (secondary N) is 2. The van der Waals surface area contributed by atoms with Crippen LogP contribution in [0.4, 0.5) is 0 Å². The van der Waals surface area contributed by atoms with Gasteiger partial charge in [0, 0.05) is 30.8 Å². The number of aromatic hydroxyl groups is 1. The third kappa shape index (κ3) is 14.9. The van der Waals surface area contributed by atoms with Gasteiger partial charge in [-0.05, 0) is 81.0 Å². The first-order chi connectivity index (χ1) is 27.1. The number of piperidine rings is 1. The first-order valence-electron chi connectivity index (χ1n) is 20.4. The van der Waals surface area contributed by atoms with Crippen molar-refractivity contribution in [3.05, 3.63) is 45.9 Å². The fraction of sp³-hybridized carbons (Fsp3) is 0.667. The number of carboxylic acids is 1. The van der Waals surface area contributed by atoms with Gasteiger partial charge in [-0.2, -0.15) is 0 Å². The second kappa shape index (κ2) is 23.6. The number of hydrogen-bond acceptors (Lipinski definition) is 11. The van der Waals surface area contributed by atoms with E-state index in [9.17, 15) is 34.2 Å². The monoisotopic (exact) mass is 831 g/mol. The molecule has 3 rings (SSSR count). The number of carbonyl (C=O) groups is 5. The summed E-state index contributed by atoms with van der Waals surface area (Å²) >= 11 is 2.84. The molecule has 0 unspecified atom stereocenters. The fourth-order valence-electron chi connectivity index (χ4n) is 7.06. The van der Waals surface area contributed by atoms with Gasteiger partial charge in [0.1, 0.15) is 22.5 Å². The Morgan fingerprint density at radius 3 is 2.35 bits per heavy atom. The molecule has 0 radical (unpaired) electrons. The molecule has 57 heavy (non-hydrogen) atoms. The summed E-state index contributed by atoms with van der Waals surface area (Å²) in [5, 5.41) is 27.4. The van der Waals surface area contributed by atoms with E-state index in [0.29, 0.717) is 23.7 Å². The number of aromatic nitrogens is 1. The zero-order valence-electron chi connectivity index (χ0n) is 35.0. The Hall–Kier alpha value is -3.69. The van der Waals surface area contributed by atoms with Gasteiger partial charge in [0.2, 0.25) is 11.8 Å². The van der Waals surface area contributed by atoms with Crippen LogP contribution in [0.5, 0.6) is 5.75 Å². The van der Waals surface area contributed by atoms with Crippen LogP contribution in [0.15, 0.2) is 29.6 Å². The number of phenols is 1. The van der Waals surface area contributed by atoms with Gasteiger partial charge in [-0.3, -0.25) is 28.9 Å². The fourth-order valence-corrected chi connectivity index (χ4v) is 9.04. The topological polar surface area (TPSA) is 178 Å². The van der Waals surface area contributed by atoms with E-state index in [1.54, 1.807) is 36.2 Å². The molecule has 0 spiro atoms. The summed E-state index contributed by atoms with van der Waals surface area (Å²) in [6, 6.07) is 4.53. The van der Waals surface area contributed by atoms with Gasteiger partial charge in [0.25, 0.3) is 5.91 Å². The maximum Gasteiger partial charge on any atom is 0.306 e. The highest BCUT2D eigenvalue weighted by Crippen LogP contribution is 2.33. The molecule has 1 saturated heterocycles. The molecule has 15 heteroatoms. The van der Waals surface area contributed by atoms with E-state index in [-0.39, 0.29) is 54.0 Å². The molecule has 4 N–H and O–H groups in total. The molecule has 1 aliphatic heterocycles. The smallest absolute Gasteiger partial charge is 0.306 e. The van der Waals surface area contributed by atoms with Gasteiger partial charge in [-0.25, -0.2) is 4.98 Å². The Morgan fingerprint density at radius 2 is 1.75 bits per heavy atom. The minimum absolute atomic E-state index is 0.0730. The van der Waals surface area contributed by atoms with Crippen molar-refractivity contribution in [2.45, 2.75) is 137 Å². The number of thiazole rings is 1. The molecule has 2 aromatic rings. The van der Waals surface area contributed by atoms with Gasteiger partial charge >= 0.3 is 11.9 Å². The largest absolute Gasteiger partial charge is 0.508 e. The normalized spacial score (nSPS) is 17.8. The molecule has 13 nitrogen and oxygen atoms in total. The molecule has 0 saturated carbocycles. The van der Waals surface area contributed by atoms with Crippen molar-refractivity contribution in [2.24, 2.45) is 17.8 Å². The van der Waals surface area contributed by atoms with Crippen molar-refractivity contribution in [2.75, 3.05) is 25.2 Å². The Kier molecular flexibility index (Phi) is 19.8. The van der Waals surface area contributed by atoms with E-state index in [1.807, 2.05) is 39.6 Å². The average molecular weight is 832 g/mol. The molecule has 2 heterocycles. The quantitative estimate of drug-likeness (QED) is 0.0535. The third-order valence-corrected chi connectivity index (χ3v) is 12.8. The standard InChI is InChI=1S/C42H65N5O8S2/c1-9-11-20-56-25-47(41(52)37(27(5)10-2)45-39(51)34-14-12-13-19-46(34)8)35(26(3)4)23-36(55-29(7)48)40-44-33(24-57-40)38(50)43-31(21-28(6)42(53)54)22-30-15-17-32(49)18-16-30/h15-18,24,26-28,31,34-37,49H,9-14,19-23,25H2,1-8H3,(H,43,50)(H,45,51)(H,53,54)/t27-,28-,31+,34+,35+,36+,37-/m0/s1. The summed E-state index contributed by atoms with van der Waals surface area (Å²) < 4.78 is 5.89. The van der Waals surface area contributed by atoms with E-state index < -0.39 is 48.0 Å². The van der Waals surface area contributed by atoms with E-state index in [1.165, 1.54) is 30.4 Å². The lowest BCUT2D eigenvalue weighted by Gasteiger charge is -2.40. The summed E-state index contributed by atoms with van der Waals surface area (Å²) in [6.07, 6.45) is 5.28. The van der Waals surface area contributed by atoms with Crippen molar-refractivity contribution < 1.29 is 38.9 Å². The van der Waals surface area contributed by atoms with E-state index in [2.05, 4.69) is 27.4 Å². The minimum Gasteiger partial charge on any atom is -0.508 e. The average Bonchev–Trinajstić information content (AvgIpc) is 3.67. The van der Waals surface area contributed by atoms with Crippen LogP contribution in [-0.4, -0.2) is 104 Å². The number of esters is 1. The molecule has 1 aliphatic rings. The third-order valence-electron chi connectivity index (χ3n) is 10.8. The molecule has 7 atom stereocenters. The number of carboxylic acid groups (broad SMARTS) is 1. The van der Waals surface area contributed by atoms with Crippen LogP contribution >= 0.6 is 23.1 Å². The lowest BCUT2D eigenvalue weighted by molar-refractivity contribution is -0.149. The first-order valence-corrected chi connectivity index (χ1v) is 22.4. The van der Waals surface area contributed by atoms with Crippen molar-refractivity contribution in [1.29, 1.82) is 0 Å². The van der Waals surface area contributed by atoms with Gasteiger partial charge in [0.15, 0.2) is 6.10 Å². The predicted octanol–water partition coefficient (Wildman–Crippen LogP) is 6.65. The van der Waals surface area contributed by atoms with Crippen LogP contribution in [-0.2, 0) is 30.3 Å². The number of likely N-dealkylation sites (tertiary alicyclic amines) is 1. The highest BCUT2D eigenvalue weighted by Gasteiger charge is 2.39. The number of rotatable bonds is 23. The number of carbonyl (C=O) groups excluding carboxylic acids is 4. The summed E-state index contributed by atoms with van der Waals surface area (Å²) in [4.78, 5) is 75.0. The molecule has 318 valence electrons. The van der Waals surface area contributed by atoms with Crippen molar-refractivity contribution in [1.82, 2.24) is 25.4 Å². The lowest BCUT2D eigenvalue weighted by atomic mass is 9.92. The number of ether oxygens (including phenoxy) is 1. The molecular weight excluding hydrogens is 767 g/mol. The Bertz CT molecular complexity index is 1600. The number of aliphatic carboxylic acids is 1. The summed E-state index contributed by atoms with van der Waals surface area (Å²) in [7, 11) is 1.95. The molecule has 1 aromatic carbocycles. The number of thioether (sulfide) groups is 1. The van der Waals surface area contributed by atoms with Crippen LogP contribution in [0, 0.1) is 17.8 Å². The van der Waals surface area contributed by atoms with Crippen LogP contribution in [0.3, 0.4) is 0 Å². The second-order valence-electron chi connectivity index (χ2n) is 15.8. The Morgan fingerprint density at radius 1 is 1.05 bits per heavy atom. The number of hydrogen-bond donors (Lipinski definition) is 4. The van der Waals surface area contributed by atoms with Gasteiger partial charge < -0.3 is 30.5 Å². The zero-order valence-corrected chi connectivity index (χ0v) is 36.6. The molecule has 3 amide bonds. The SMILES string of the molecule is CCCCSCN(C(=O)[C@@H](NC(=O)[C@H]1CCCCN1C)[C@@H](C)CC)[C@H](C[C@@H](OC(C)=O)c1nc(C(=O)N[C@@H](Cc2ccc(O)cc2)C[C@H](C)C(=O)O)cs1)C(C)C. The minimum atomic E-state index is -0.981. The molecule has 1 aromatic heterocycles. The van der Waals surface area contributed by atoms with Crippen LogP contribution in [0.2, 0.25) is 0 Å². The summed E-state index contributed by atoms with van der Waals surface area (Å²) in [5.41, 5.74) is 0.912. The van der Waals surface area contributed by atoms with Crippen LogP contribution < -0.4 is 10.6 Å². The highest BCUT2D eigenvalue weighted by molar-refractivity contribution is 7.99. The maximum absolute atomic E-state index is 14.8. The van der Waals surface area contributed by atoms with Gasteiger partial charge in [0.05, 0.1) is 17.8 Å². The molecule has 0 aliphatic carbocycles. The van der Waals surface area contributed by atoms with Crippen molar-refractivity contribution in [3.8, 4) is 5.75 Å². The van der Waals surface area contributed by atoms with E-state index >= 15 is 0 Å². The molecule has 0 bridgehead atoms. The molecule has 1 fully saturated rings. The van der Waals surface area contributed by atoms with Gasteiger partial charge in [-0.15, -0.1) is 23.1 Å². The maximum atomic E-state index is 14.8. The number of amides is 3. The zero-order chi connectivity index (χ0) is 42.2. The number of unbranched alkanes of at least 4 members (excludes halogenated alkanes) is 1. The van der Waals surface area contributed by atoms with Crippen molar-refractivity contribution in [3.63, 3.8) is 0 Å². The Labute approximate surface area is 347 Å². The van der Waals surface area contributed by atoms with Gasteiger partial charge in [-0.1, -0.05) is 72.9 Å². The predicted molar refractivity (Wildman–Crippen MR) is 225 cm³/mol. The highest BCUT2D eigenvalue weighted by atomic mass is 32.2. The summed E-state index contributed by atoms with van der Waals surface area (Å²) in [6.45, 7) is 13.9. The number of likely N-dealkylation sites (N-methyl/N-ethyl adjacent to an activating group) is 1. The van der Waals surface area contributed by atoms with E-state index in [4.69, 9.17) is 4.74 Å².